The lowest BCUT2D eigenvalue weighted by molar-refractivity contribution is 0.301. The number of hydrogen-bond donors (Lipinski definition) is 3. The van der Waals surface area contributed by atoms with Crippen molar-refractivity contribution in [3.05, 3.63) is 36.0 Å². The third kappa shape index (κ3) is 3.72. The van der Waals surface area contributed by atoms with Crippen LogP contribution in [-0.4, -0.2) is 46.9 Å². The summed E-state index contributed by atoms with van der Waals surface area (Å²) >= 11 is 0. The van der Waals surface area contributed by atoms with Crippen LogP contribution in [0.2, 0.25) is 0 Å². The minimum absolute atomic E-state index is 0.379. The van der Waals surface area contributed by atoms with Crippen molar-refractivity contribution in [2.75, 3.05) is 30.8 Å². The first kappa shape index (κ1) is 17.3. The average molecular weight is 365 g/mol. The predicted octanol–water partition coefficient (Wildman–Crippen LogP) is 2.83. The number of nitrogens with zero attached hydrogens (tertiary/aromatic N) is 6. The Morgan fingerprint density at radius 1 is 1.37 bits per heavy atom. The number of rotatable bonds is 4. The van der Waals surface area contributed by atoms with E-state index >= 15 is 0 Å². The van der Waals surface area contributed by atoms with Gasteiger partial charge < -0.3 is 21.4 Å². The number of amidine groups is 1. The van der Waals surface area contributed by atoms with Crippen molar-refractivity contribution < 1.29 is 0 Å². The zero-order valence-electron chi connectivity index (χ0n) is 15.3. The molecule has 1 unspecified atom stereocenters. The van der Waals surface area contributed by atoms with Crippen molar-refractivity contribution in [1.29, 1.82) is 0 Å². The van der Waals surface area contributed by atoms with Crippen LogP contribution in [0.3, 0.4) is 0 Å². The van der Waals surface area contributed by atoms with Crippen molar-refractivity contribution in [1.82, 2.24) is 14.9 Å². The maximum absolute atomic E-state index is 5.25. The molecule has 0 amide bonds. The lowest BCUT2D eigenvalue weighted by Gasteiger charge is -2.19. The highest BCUT2D eigenvalue weighted by Crippen LogP contribution is 2.33. The predicted molar refractivity (Wildman–Crippen MR) is 106 cm³/mol. The lowest BCUT2D eigenvalue weighted by atomic mass is 10.1. The summed E-state index contributed by atoms with van der Waals surface area (Å²) in [5, 5.41) is 14.0. The Bertz CT molecular complexity index is 877. The molecule has 1 atom stereocenters. The van der Waals surface area contributed by atoms with Crippen LogP contribution in [0, 0.1) is 0 Å². The third-order valence-electron chi connectivity index (χ3n) is 5.00. The Balaban J connectivity index is 1.55. The Kier molecular flexibility index (Phi) is 4.93. The molecule has 0 spiro atoms. The monoisotopic (exact) mass is 365 g/mol. The maximum atomic E-state index is 5.25. The van der Waals surface area contributed by atoms with Gasteiger partial charge in [0.05, 0.1) is 16.9 Å². The molecule has 4 rings (SSSR count). The number of aromatic nitrogens is 2. The summed E-state index contributed by atoms with van der Waals surface area (Å²) in [5.74, 6) is 6.83. The molecule has 1 saturated heterocycles. The topological polar surface area (TPSA) is 116 Å². The van der Waals surface area contributed by atoms with Gasteiger partial charge in [-0.15, -0.1) is 5.11 Å². The minimum atomic E-state index is 0.379. The summed E-state index contributed by atoms with van der Waals surface area (Å²) < 4.78 is 0. The highest BCUT2D eigenvalue weighted by Gasteiger charge is 2.21. The zero-order valence-corrected chi connectivity index (χ0v) is 15.3. The van der Waals surface area contributed by atoms with E-state index in [0.29, 0.717) is 29.2 Å². The SMILES string of the molecule is CN1CCCC1CCNc1ncc2c(n1)Nc1ccccc1N=C2N=NN. The Labute approximate surface area is 157 Å². The molecule has 2 aromatic rings. The largest absolute Gasteiger partial charge is 0.354 e. The number of benzene rings is 1. The molecule has 9 heteroatoms. The van der Waals surface area contributed by atoms with Gasteiger partial charge in [0.2, 0.25) is 5.95 Å². The summed E-state index contributed by atoms with van der Waals surface area (Å²) in [6.07, 6.45) is 5.29. The fraction of sp³-hybridized carbons (Fsp3) is 0.389. The molecular weight excluding hydrogens is 342 g/mol. The van der Waals surface area contributed by atoms with Crippen molar-refractivity contribution in [2.45, 2.75) is 25.3 Å². The normalized spacial score (nSPS) is 19.1. The summed E-state index contributed by atoms with van der Waals surface area (Å²) in [4.78, 5) is 16.0. The van der Waals surface area contributed by atoms with Crippen molar-refractivity contribution in [3.8, 4) is 0 Å². The Morgan fingerprint density at radius 2 is 2.26 bits per heavy atom. The van der Waals surface area contributed by atoms with Gasteiger partial charge in [0, 0.05) is 18.8 Å². The van der Waals surface area contributed by atoms with E-state index in [9.17, 15) is 0 Å². The molecule has 140 valence electrons. The number of nitrogens with one attached hydrogen (secondary N) is 2. The van der Waals surface area contributed by atoms with Gasteiger partial charge in [0.15, 0.2) is 5.84 Å². The van der Waals surface area contributed by atoms with Crippen LogP contribution in [0.25, 0.3) is 0 Å². The fourth-order valence-corrected chi connectivity index (χ4v) is 3.53. The minimum Gasteiger partial charge on any atom is -0.354 e. The molecule has 0 saturated carbocycles. The van der Waals surface area contributed by atoms with Crippen LogP contribution in [0.15, 0.2) is 45.8 Å². The van der Waals surface area contributed by atoms with Crippen LogP contribution in [-0.2, 0) is 0 Å². The highest BCUT2D eigenvalue weighted by atomic mass is 15.3. The Hall–Kier alpha value is -3.07. The molecule has 2 aliphatic rings. The first-order valence-electron chi connectivity index (χ1n) is 9.12. The number of hydrogen-bond acceptors (Lipinski definition) is 8. The molecule has 2 aliphatic heterocycles. The summed E-state index contributed by atoms with van der Waals surface area (Å²) in [5.41, 5.74) is 2.25. The number of para-hydroxylation sites is 2. The second-order valence-electron chi connectivity index (χ2n) is 6.74. The molecule has 27 heavy (non-hydrogen) atoms. The molecule has 4 N–H and O–H groups in total. The Morgan fingerprint density at radius 3 is 3.07 bits per heavy atom. The number of fused-ring (bicyclic) bond motifs is 2. The van der Waals surface area contributed by atoms with Gasteiger partial charge in [0.1, 0.15) is 5.82 Å². The first-order chi connectivity index (χ1) is 13.2. The average Bonchev–Trinajstić information content (AvgIpc) is 3.01. The van der Waals surface area contributed by atoms with E-state index in [2.05, 4.69) is 47.9 Å². The van der Waals surface area contributed by atoms with E-state index in [0.717, 1.165) is 24.3 Å². The molecule has 9 nitrogen and oxygen atoms in total. The van der Waals surface area contributed by atoms with E-state index < -0.39 is 0 Å². The molecular formula is C18H23N9. The van der Waals surface area contributed by atoms with Gasteiger partial charge in [-0.25, -0.2) is 9.98 Å². The van der Waals surface area contributed by atoms with Crippen molar-refractivity contribution in [2.24, 2.45) is 21.2 Å². The standard InChI is InChI=1S/C18H23N9/c1-27-10-4-5-12(27)8-9-20-18-21-11-13-16(24-18)22-14-6-2-3-7-15(14)23-17(13)25-26-19/h2-3,6-7,11-12H,4-5,8-10H2,1H3,(H2,19,23,25)(H2,20,21,22,24). The summed E-state index contributed by atoms with van der Waals surface area (Å²) in [7, 11) is 2.19. The number of anilines is 3. The van der Waals surface area contributed by atoms with Gasteiger partial charge in [-0.3, -0.25) is 0 Å². The van der Waals surface area contributed by atoms with Crippen LogP contribution < -0.4 is 16.5 Å². The van der Waals surface area contributed by atoms with Crippen molar-refractivity contribution >= 4 is 29.0 Å². The van der Waals surface area contributed by atoms with Crippen LogP contribution >= 0.6 is 0 Å². The molecule has 0 bridgehead atoms. The van der Waals surface area contributed by atoms with Crippen LogP contribution in [0.4, 0.5) is 23.1 Å². The number of aliphatic imine (C=N–C) groups is 1. The van der Waals surface area contributed by atoms with E-state index in [1.54, 1.807) is 6.20 Å². The smallest absolute Gasteiger partial charge is 0.224 e. The molecule has 1 aromatic carbocycles. The lowest BCUT2D eigenvalue weighted by Crippen LogP contribution is -2.27. The van der Waals surface area contributed by atoms with Crippen molar-refractivity contribution in [3.63, 3.8) is 0 Å². The molecule has 1 fully saturated rings. The fourth-order valence-electron chi connectivity index (χ4n) is 3.53. The summed E-state index contributed by atoms with van der Waals surface area (Å²) in [6, 6.07) is 8.32. The maximum Gasteiger partial charge on any atom is 0.224 e. The van der Waals surface area contributed by atoms with Gasteiger partial charge in [-0.05, 0) is 45.0 Å². The molecule has 3 heterocycles. The molecule has 0 aliphatic carbocycles. The van der Waals surface area contributed by atoms with Gasteiger partial charge in [0.25, 0.3) is 0 Å². The van der Waals surface area contributed by atoms with Gasteiger partial charge in [-0.2, -0.15) is 4.98 Å². The van der Waals surface area contributed by atoms with E-state index in [4.69, 9.17) is 5.84 Å². The van der Waals surface area contributed by atoms with Crippen LogP contribution in [0.5, 0.6) is 0 Å². The van der Waals surface area contributed by atoms with Gasteiger partial charge >= 0.3 is 0 Å². The van der Waals surface area contributed by atoms with E-state index in [-0.39, 0.29) is 0 Å². The van der Waals surface area contributed by atoms with Gasteiger partial charge in [-0.1, -0.05) is 17.4 Å². The first-order valence-corrected chi connectivity index (χ1v) is 9.12. The number of likely N-dealkylation sites (tertiary alicyclic amines) is 1. The zero-order chi connectivity index (χ0) is 18.6. The molecule has 1 aromatic heterocycles. The van der Waals surface area contributed by atoms with E-state index in [1.165, 1.54) is 19.4 Å². The summed E-state index contributed by atoms with van der Waals surface area (Å²) in [6.45, 7) is 2.01. The molecule has 0 radical (unpaired) electrons. The second-order valence-corrected chi connectivity index (χ2v) is 6.74. The van der Waals surface area contributed by atoms with Crippen LogP contribution in [0.1, 0.15) is 24.8 Å². The third-order valence-corrected chi connectivity index (χ3v) is 5.00. The van der Waals surface area contributed by atoms with E-state index in [1.807, 2.05) is 24.3 Å². The second kappa shape index (κ2) is 7.67. The highest BCUT2D eigenvalue weighted by molar-refractivity contribution is 6.07. The quantitative estimate of drug-likeness (QED) is 0.436. The number of nitrogens with two attached hydrogens (primary N) is 1.